The van der Waals surface area contributed by atoms with E-state index < -0.39 is 23.4 Å². The maximum Gasteiger partial charge on any atom is 0.412 e. The third-order valence-corrected chi connectivity index (χ3v) is 19.7. The number of aliphatic carboxylic acids is 1. The van der Waals surface area contributed by atoms with Gasteiger partial charge in [0.25, 0.3) is 0 Å². The van der Waals surface area contributed by atoms with E-state index in [0.29, 0.717) is 132 Å². The number of carbonyl (C=O) groups excluding carboxylic acids is 2. The van der Waals surface area contributed by atoms with E-state index in [1.807, 2.05) is 155 Å². The second-order valence-corrected chi connectivity index (χ2v) is 30.7. The minimum absolute atomic E-state index is 0.153. The predicted octanol–water partition coefficient (Wildman–Crippen LogP) is 15.0. The minimum atomic E-state index is -0.866. The number of hydrogen-bond donors (Lipinski definition) is 7. The Hall–Kier alpha value is -15.8. The number of ether oxygens (including phenoxy) is 4. The molecule has 6 aromatic heterocycles. The number of nitrogens with one attached hydrogen (secondary N) is 2. The molecule has 2 amide bonds. The molecule has 17 rings (SSSR count). The molecular formula is C93H92N20O11. The largest absolute Gasteiger partial charge is 0.478 e. The SMILES string of the molecule is CN(C/C=C/C(=O)O)C1CC1.Cc1cc(N)cc(-n2c(=O)n(-c3ccc(Oc4ccccc4)cc3)c3c(N)ncnc32)c1.Cc1cc(NC(=O)/C=C/CN(C)C2CC2)cc(-n2c(=O)n(-c3ccc(Oc4ccccc4)cc3)c3c(N)ncnc32)c1.Cc1cc(NC(=O)OC(C)(C)C)cc(-n2c(=O)n(-c3ccc(Oc4ccccc4)cc3)c3c(N)ncnc32)c1. The van der Waals surface area contributed by atoms with E-state index >= 15 is 0 Å². The van der Waals surface area contributed by atoms with Gasteiger partial charge in [-0.2, -0.15) is 0 Å². The zero-order valence-corrected chi connectivity index (χ0v) is 69.3. The maximum atomic E-state index is 14.0. The van der Waals surface area contributed by atoms with Crippen LogP contribution in [0.15, 0.2) is 276 Å². The molecule has 2 aliphatic carbocycles. The quantitative estimate of drug-likeness (QED) is 0.0245. The van der Waals surface area contributed by atoms with Crippen molar-refractivity contribution in [2.24, 2.45) is 0 Å². The standard InChI is InChI=1S/C32H31N7O3.C29H28N6O4.C24H20N6O2.C8H13NO2/c1-21-17-22(36-28(40)9-6-16-37(2)23-10-11-23)19-25(18-21)39-31-29(30(33)34-20-35-31)38(32(39)41)24-12-14-27(15-13-24)42-26-7-4-3-5-8-26;1-18-14-19(33-27(36)39-29(2,3)4)16-21(15-18)35-26-24(25(30)31-17-32-26)34(28(35)37)20-10-12-23(13-11-20)38-22-8-6-5-7-9-22;1-15-11-16(25)13-18(12-15)30-23-21(22(26)27-14-28-23)29(24(30)31)17-7-9-20(10-8-17)32-19-5-3-2-4-6-19;1-9(7-4-5-7)6-2-3-8(10)11/h3-9,12-15,17-20,23H,10-11,16H2,1-2H3,(H,36,40)(H2,33,34,35);5-17H,1-4H3,(H,33,36)(H2,30,31,32);2-14H,25H2,1H3,(H2,26,27,28);2-3,7H,4-6H2,1H3,(H,10,11)/b9-6+;;;3-2+. The summed E-state index contributed by atoms with van der Waals surface area (Å²) in [5, 5.41) is 13.9. The number of para-hydroxylation sites is 3. The first kappa shape index (κ1) is 84.7. The highest BCUT2D eigenvalue weighted by Crippen LogP contribution is 2.34. The highest BCUT2D eigenvalue weighted by molar-refractivity contribution is 5.99. The number of aryl methyl sites for hydroxylation is 3. The second kappa shape index (κ2) is 37.3. The van der Waals surface area contributed by atoms with Crippen molar-refractivity contribution in [3.63, 3.8) is 0 Å². The number of aromatic nitrogens is 12. The lowest BCUT2D eigenvalue weighted by molar-refractivity contribution is -0.131. The van der Waals surface area contributed by atoms with Crippen LogP contribution in [0, 0.1) is 20.8 Å². The van der Waals surface area contributed by atoms with Crippen LogP contribution < -0.4 is 64.8 Å². The van der Waals surface area contributed by atoms with E-state index in [0.717, 1.165) is 29.0 Å². The number of rotatable bonds is 22. The van der Waals surface area contributed by atoms with Crippen LogP contribution in [0.4, 0.5) is 39.3 Å². The maximum absolute atomic E-state index is 14.0. The number of fused-ring (bicyclic) bond motifs is 3. The molecule has 124 heavy (non-hydrogen) atoms. The number of hydrogen-bond acceptors (Lipinski definition) is 22. The minimum Gasteiger partial charge on any atom is -0.478 e. The molecule has 2 fully saturated rings. The molecule has 31 nitrogen and oxygen atoms in total. The van der Waals surface area contributed by atoms with Crippen LogP contribution >= 0.6 is 0 Å². The Labute approximate surface area is 712 Å². The lowest BCUT2D eigenvalue weighted by Crippen LogP contribution is -2.27. The van der Waals surface area contributed by atoms with Crippen molar-refractivity contribution in [1.29, 1.82) is 0 Å². The number of nitrogens with two attached hydrogens (primary N) is 4. The van der Waals surface area contributed by atoms with Gasteiger partial charge in [-0.15, -0.1) is 0 Å². The third-order valence-electron chi connectivity index (χ3n) is 19.7. The zero-order valence-electron chi connectivity index (χ0n) is 69.3. The Morgan fingerprint density at radius 1 is 0.419 bits per heavy atom. The zero-order chi connectivity index (χ0) is 87.5. The average Bonchev–Trinajstić information content (AvgIpc) is 1.60. The lowest BCUT2D eigenvalue weighted by Gasteiger charge is -2.20. The van der Waals surface area contributed by atoms with Crippen LogP contribution in [0.3, 0.4) is 0 Å². The molecule has 0 atom stereocenters. The van der Waals surface area contributed by atoms with Crippen molar-refractivity contribution in [3.8, 4) is 68.6 Å². The molecule has 31 heteroatoms. The van der Waals surface area contributed by atoms with Gasteiger partial charge in [-0.05, 0) is 262 Å². The molecule has 11 N–H and O–H groups in total. The molecule has 2 saturated carbocycles. The smallest absolute Gasteiger partial charge is 0.412 e. The molecule has 0 bridgehead atoms. The number of carbonyl (C=O) groups is 3. The van der Waals surface area contributed by atoms with Gasteiger partial charge in [0.2, 0.25) is 5.91 Å². The van der Waals surface area contributed by atoms with Crippen LogP contribution in [0.2, 0.25) is 0 Å². The second-order valence-electron chi connectivity index (χ2n) is 30.7. The molecule has 0 spiro atoms. The monoisotopic (exact) mass is 1660 g/mol. The Bertz CT molecular complexity index is 6630. The number of carboxylic acid groups (broad SMARTS) is 1. The van der Waals surface area contributed by atoms with Crippen LogP contribution in [0.5, 0.6) is 34.5 Å². The predicted molar refractivity (Wildman–Crippen MR) is 481 cm³/mol. The van der Waals surface area contributed by atoms with E-state index in [1.54, 1.807) is 124 Å². The summed E-state index contributed by atoms with van der Waals surface area (Å²) >= 11 is 0. The van der Waals surface area contributed by atoms with E-state index in [4.69, 9.17) is 47.0 Å². The Morgan fingerprint density at radius 3 is 1.07 bits per heavy atom. The average molecular weight is 1670 g/mol. The number of benzene rings is 9. The molecule has 2 aliphatic rings. The molecule has 630 valence electrons. The summed E-state index contributed by atoms with van der Waals surface area (Å²) in [6, 6.07) is 67.2. The molecule has 6 heterocycles. The molecule has 9 aromatic carbocycles. The Kier molecular flexibility index (Phi) is 25.4. The van der Waals surface area contributed by atoms with E-state index in [1.165, 1.54) is 84.2 Å². The summed E-state index contributed by atoms with van der Waals surface area (Å²) in [7, 11) is 4.08. The molecule has 0 aliphatic heterocycles. The fourth-order valence-corrected chi connectivity index (χ4v) is 13.9. The van der Waals surface area contributed by atoms with Gasteiger partial charge in [0.15, 0.2) is 34.4 Å². The van der Waals surface area contributed by atoms with Gasteiger partial charge < -0.3 is 52.3 Å². The van der Waals surface area contributed by atoms with Gasteiger partial charge in [-0.25, -0.2) is 67.6 Å². The van der Waals surface area contributed by atoms with Crippen molar-refractivity contribution < 1.29 is 38.4 Å². The Morgan fingerprint density at radius 2 is 0.742 bits per heavy atom. The summed E-state index contributed by atoms with van der Waals surface area (Å²) in [4.78, 5) is 106. The first-order valence-electron chi connectivity index (χ1n) is 39.8. The summed E-state index contributed by atoms with van der Waals surface area (Å²) in [6.45, 7) is 12.5. The van der Waals surface area contributed by atoms with Crippen LogP contribution in [-0.2, 0) is 14.3 Å². The molecule has 0 radical (unpaired) electrons. The van der Waals surface area contributed by atoms with Crippen molar-refractivity contribution in [1.82, 2.24) is 67.1 Å². The highest BCUT2D eigenvalue weighted by Gasteiger charge is 2.28. The molecule has 0 saturated heterocycles. The molecular weight excluding hydrogens is 1570 g/mol. The number of nitrogens with zero attached hydrogens (tertiary/aromatic N) is 14. The van der Waals surface area contributed by atoms with Gasteiger partial charge in [0.05, 0.1) is 34.1 Å². The summed E-state index contributed by atoms with van der Waals surface area (Å²) in [5.74, 6) is 3.44. The van der Waals surface area contributed by atoms with E-state index in [9.17, 15) is 28.8 Å². The summed E-state index contributed by atoms with van der Waals surface area (Å²) < 4.78 is 31.9. The van der Waals surface area contributed by atoms with Crippen molar-refractivity contribution >= 4 is 86.0 Å². The van der Waals surface area contributed by atoms with Crippen LogP contribution in [0.25, 0.3) is 67.6 Å². The number of likely N-dealkylation sites (N-methyl/N-ethyl adjacent to an activating group) is 2. The first-order valence-corrected chi connectivity index (χ1v) is 39.8. The lowest BCUT2D eigenvalue weighted by atomic mass is 10.2. The summed E-state index contributed by atoms with van der Waals surface area (Å²) in [5.41, 5.74) is 32.8. The van der Waals surface area contributed by atoms with Crippen molar-refractivity contribution in [2.75, 3.05) is 60.8 Å². The number of anilines is 6. The van der Waals surface area contributed by atoms with Crippen molar-refractivity contribution in [3.05, 3.63) is 310 Å². The third kappa shape index (κ3) is 20.6. The number of amides is 2. The van der Waals surface area contributed by atoms with Gasteiger partial charge in [-0.3, -0.25) is 33.6 Å². The fraction of sp³-hybridized carbons (Fsp3) is 0.183. The number of carboxylic acids is 1. The number of imidazole rings is 3. The van der Waals surface area contributed by atoms with E-state index in [-0.39, 0.29) is 34.7 Å². The van der Waals surface area contributed by atoms with Gasteiger partial charge in [0, 0.05) is 54.4 Å². The van der Waals surface area contributed by atoms with Crippen LogP contribution in [-0.4, -0.2) is 135 Å². The Balaban J connectivity index is 0.000000143. The summed E-state index contributed by atoms with van der Waals surface area (Å²) in [6.07, 6.45) is 14.6. The van der Waals surface area contributed by atoms with Gasteiger partial charge in [-0.1, -0.05) is 66.7 Å². The number of nitrogen functional groups attached to an aromatic ring is 4. The van der Waals surface area contributed by atoms with E-state index in [2.05, 4.69) is 57.4 Å². The highest BCUT2D eigenvalue weighted by atomic mass is 16.6. The van der Waals surface area contributed by atoms with Gasteiger partial charge in [0.1, 0.15) is 75.6 Å². The first-order chi connectivity index (χ1) is 59.7. The molecule has 15 aromatic rings. The van der Waals surface area contributed by atoms with Gasteiger partial charge >= 0.3 is 29.1 Å². The molecule has 0 unspecified atom stereocenters. The van der Waals surface area contributed by atoms with Crippen molar-refractivity contribution in [2.45, 2.75) is 84.9 Å². The topological polar surface area (TPSA) is 401 Å². The fourth-order valence-electron chi connectivity index (χ4n) is 13.9. The normalized spacial score (nSPS) is 12.5. The van der Waals surface area contributed by atoms with Crippen LogP contribution in [0.1, 0.15) is 63.1 Å².